The van der Waals surface area contributed by atoms with Crippen LogP contribution in [0.5, 0.6) is 11.5 Å². The van der Waals surface area contributed by atoms with E-state index < -0.39 is 0 Å². The van der Waals surface area contributed by atoms with Crippen LogP contribution in [0, 0.1) is 0 Å². The summed E-state index contributed by atoms with van der Waals surface area (Å²) < 4.78 is 10.7. The summed E-state index contributed by atoms with van der Waals surface area (Å²) in [6.07, 6.45) is 3.72. The Balaban J connectivity index is 2.15. The van der Waals surface area contributed by atoms with Gasteiger partial charge in [0.05, 0.1) is 14.2 Å². The Morgan fingerprint density at radius 1 is 1.30 bits per heavy atom. The average molecular weight is 278 g/mol. The van der Waals surface area contributed by atoms with Crippen LogP contribution in [0.2, 0.25) is 0 Å². The maximum Gasteiger partial charge on any atom is 0.127 e. The summed E-state index contributed by atoms with van der Waals surface area (Å²) in [5.74, 6) is 1.71. The van der Waals surface area contributed by atoms with Crippen LogP contribution in [0.3, 0.4) is 0 Å². The minimum atomic E-state index is 0.208. The molecule has 2 unspecified atom stereocenters. The van der Waals surface area contributed by atoms with Gasteiger partial charge in [0.25, 0.3) is 0 Å². The van der Waals surface area contributed by atoms with Gasteiger partial charge in [-0.1, -0.05) is 12.5 Å². The van der Waals surface area contributed by atoms with Gasteiger partial charge in [-0.05, 0) is 32.4 Å². The molecule has 112 valence electrons. The van der Waals surface area contributed by atoms with Crippen LogP contribution in [0.4, 0.5) is 0 Å². The van der Waals surface area contributed by atoms with Gasteiger partial charge in [-0.3, -0.25) is 4.90 Å². The van der Waals surface area contributed by atoms with Crippen molar-refractivity contribution in [3.05, 3.63) is 23.8 Å². The van der Waals surface area contributed by atoms with Crippen LogP contribution in [-0.4, -0.2) is 37.7 Å². The number of benzene rings is 1. The Labute approximate surface area is 121 Å². The van der Waals surface area contributed by atoms with E-state index in [-0.39, 0.29) is 6.04 Å². The number of rotatable bonds is 5. The van der Waals surface area contributed by atoms with E-state index in [1.807, 2.05) is 12.1 Å². The molecule has 1 aromatic carbocycles. The monoisotopic (exact) mass is 278 g/mol. The molecule has 0 bridgehead atoms. The lowest BCUT2D eigenvalue weighted by molar-refractivity contribution is 0.122. The predicted octanol–water partition coefficient (Wildman–Crippen LogP) is 2.41. The van der Waals surface area contributed by atoms with Crippen LogP contribution in [0.1, 0.15) is 31.7 Å². The van der Waals surface area contributed by atoms with E-state index in [2.05, 4.69) is 17.9 Å². The highest BCUT2D eigenvalue weighted by molar-refractivity contribution is 5.40. The fraction of sp³-hybridized carbons (Fsp3) is 0.625. The van der Waals surface area contributed by atoms with Gasteiger partial charge in [0, 0.05) is 30.3 Å². The molecule has 20 heavy (non-hydrogen) atoms. The molecule has 2 atom stereocenters. The summed E-state index contributed by atoms with van der Waals surface area (Å²) in [6, 6.07) is 6.70. The number of hydrogen-bond donors (Lipinski definition) is 1. The fourth-order valence-corrected chi connectivity index (χ4v) is 3.01. The molecule has 0 radical (unpaired) electrons. The first kappa shape index (κ1) is 15.1. The molecule has 0 aromatic heterocycles. The van der Waals surface area contributed by atoms with E-state index in [9.17, 15) is 0 Å². The first-order valence-electron chi connectivity index (χ1n) is 7.36. The molecule has 0 spiro atoms. The van der Waals surface area contributed by atoms with Gasteiger partial charge in [0.2, 0.25) is 0 Å². The van der Waals surface area contributed by atoms with Gasteiger partial charge in [-0.15, -0.1) is 0 Å². The van der Waals surface area contributed by atoms with Crippen LogP contribution >= 0.6 is 0 Å². The Morgan fingerprint density at radius 2 is 2.10 bits per heavy atom. The summed E-state index contributed by atoms with van der Waals surface area (Å²) >= 11 is 0. The first-order valence-corrected chi connectivity index (χ1v) is 7.36. The zero-order valence-electron chi connectivity index (χ0n) is 12.8. The van der Waals surface area contributed by atoms with Gasteiger partial charge < -0.3 is 15.2 Å². The third-order valence-corrected chi connectivity index (χ3v) is 4.14. The summed E-state index contributed by atoms with van der Waals surface area (Å²) in [5, 5.41) is 0. The van der Waals surface area contributed by atoms with Gasteiger partial charge in [-0.25, -0.2) is 0 Å². The molecule has 4 heteroatoms. The molecule has 1 aliphatic heterocycles. The number of nitrogens with zero attached hydrogens (tertiary/aromatic N) is 1. The molecule has 0 saturated carbocycles. The van der Waals surface area contributed by atoms with E-state index >= 15 is 0 Å². The summed E-state index contributed by atoms with van der Waals surface area (Å²) in [7, 11) is 3.38. The molecule has 4 nitrogen and oxygen atoms in total. The Hall–Kier alpha value is -1.26. The van der Waals surface area contributed by atoms with E-state index in [0.29, 0.717) is 6.04 Å². The van der Waals surface area contributed by atoms with Crippen molar-refractivity contribution in [2.45, 2.75) is 44.8 Å². The molecule has 2 N–H and O–H groups in total. The van der Waals surface area contributed by atoms with Crippen LogP contribution in [0.15, 0.2) is 18.2 Å². The highest BCUT2D eigenvalue weighted by Crippen LogP contribution is 2.28. The Kier molecular flexibility index (Phi) is 5.26. The number of ether oxygens (including phenoxy) is 2. The van der Waals surface area contributed by atoms with Crippen molar-refractivity contribution in [3.8, 4) is 11.5 Å². The quantitative estimate of drug-likeness (QED) is 0.898. The number of methoxy groups -OCH3 is 2. The van der Waals surface area contributed by atoms with Crippen molar-refractivity contribution >= 4 is 0 Å². The zero-order valence-corrected chi connectivity index (χ0v) is 12.8. The zero-order chi connectivity index (χ0) is 14.5. The topological polar surface area (TPSA) is 47.7 Å². The van der Waals surface area contributed by atoms with Gasteiger partial charge in [0.1, 0.15) is 11.5 Å². The third kappa shape index (κ3) is 3.44. The van der Waals surface area contributed by atoms with Crippen LogP contribution in [-0.2, 0) is 6.54 Å². The molecule has 1 fully saturated rings. The highest BCUT2D eigenvalue weighted by Gasteiger charge is 2.26. The minimum Gasteiger partial charge on any atom is -0.497 e. The molecular formula is C16H26N2O2. The molecule has 0 aliphatic carbocycles. The molecule has 0 amide bonds. The van der Waals surface area contributed by atoms with Gasteiger partial charge in [0.15, 0.2) is 0 Å². The van der Waals surface area contributed by atoms with Crippen molar-refractivity contribution in [1.29, 1.82) is 0 Å². The lowest BCUT2D eigenvalue weighted by Crippen LogP contribution is -2.48. The second kappa shape index (κ2) is 6.95. The second-order valence-electron chi connectivity index (χ2n) is 5.57. The second-order valence-corrected chi connectivity index (χ2v) is 5.57. The number of likely N-dealkylation sites (tertiary alicyclic amines) is 1. The third-order valence-electron chi connectivity index (χ3n) is 4.14. The SMILES string of the molecule is COc1ccc(CN2CCCCC2C(C)N)c(OC)c1. The maximum atomic E-state index is 6.13. The van der Waals surface area contributed by atoms with E-state index in [1.54, 1.807) is 14.2 Å². The van der Waals surface area contributed by atoms with Crippen molar-refractivity contribution in [2.24, 2.45) is 5.73 Å². The van der Waals surface area contributed by atoms with Crippen molar-refractivity contribution < 1.29 is 9.47 Å². The molecule has 1 aliphatic rings. The fourth-order valence-electron chi connectivity index (χ4n) is 3.01. The van der Waals surface area contributed by atoms with Gasteiger partial charge >= 0.3 is 0 Å². The molecular weight excluding hydrogens is 252 g/mol. The average Bonchev–Trinajstić information content (AvgIpc) is 2.48. The maximum absolute atomic E-state index is 6.13. The number of nitrogens with two attached hydrogens (primary N) is 1. The lowest BCUT2D eigenvalue weighted by Gasteiger charge is -2.38. The normalized spacial score (nSPS) is 21.5. The van der Waals surface area contributed by atoms with E-state index in [0.717, 1.165) is 24.6 Å². The summed E-state index contributed by atoms with van der Waals surface area (Å²) in [6.45, 7) is 4.11. The largest absolute Gasteiger partial charge is 0.497 e. The minimum absolute atomic E-state index is 0.208. The number of piperidine rings is 1. The van der Waals surface area contributed by atoms with Crippen molar-refractivity contribution in [2.75, 3.05) is 20.8 Å². The standard InChI is InChI=1S/C16H26N2O2/c1-12(17)15-6-4-5-9-18(15)11-13-7-8-14(19-2)10-16(13)20-3/h7-8,10,12,15H,4-6,9,11,17H2,1-3H3. The first-order chi connectivity index (χ1) is 9.65. The van der Waals surface area contributed by atoms with Gasteiger partial charge in [-0.2, -0.15) is 0 Å². The van der Waals surface area contributed by atoms with Crippen molar-refractivity contribution in [3.63, 3.8) is 0 Å². The van der Waals surface area contributed by atoms with E-state index in [4.69, 9.17) is 15.2 Å². The van der Waals surface area contributed by atoms with Crippen LogP contribution in [0.25, 0.3) is 0 Å². The molecule has 2 rings (SSSR count). The molecule has 1 aromatic rings. The number of hydrogen-bond acceptors (Lipinski definition) is 4. The lowest BCUT2D eigenvalue weighted by atomic mass is 9.96. The summed E-state index contributed by atoms with van der Waals surface area (Å²) in [5.41, 5.74) is 7.33. The summed E-state index contributed by atoms with van der Waals surface area (Å²) in [4.78, 5) is 2.48. The van der Waals surface area contributed by atoms with Crippen molar-refractivity contribution in [1.82, 2.24) is 4.90 Å². The molecule has 1 heterocycles. The smallest absolute Gasteiger partial charge is 0.127 e. The Morgan fingerprint density at radius 3 is 2.75 bits per heavy atom. The predicted molar refractivity (Wildman–Crippen MR) is 81.2 cm³/mol. The van der Waals surface area contributed by atoms with E-state index in [1.165, 1.54) is 24.8 Å². The molecule has 1 saturated heterocycles. The Bertz CT molecular complexity index is 434. The van der Waals surface area contributed by atoms with Crippen LogP contribution < -0.4 is 15.2 Å². The highest BCUT2D eigenvalue weighted by atomic mass is 16.5.